The summed E-state index contributed by atoms with van der Waals surface area (Å²) in [5, 5.41) is 11.7. The van der Waals surface area contributed by atoms with Gasteiger partial charge in [-0.1, -0.05) is 12.1 Å². The van der Waals surface area contributed by atoms with E-state index in [9.17, 15) is 32.8 Å². The second kappa shape index (κ2) is 9.70. The number of carbonyl (C=O) groups excluding carboxylic acids is 3. The van der Waals surface area contributed by atoms with E-state index in [4.69, 9.17) is 0 Å². The summed E-state index contributed by atoms with van der Waals surface area (Å²) in [7, 11) is 1.32. The summed E-state index contributed by atoms with van der Waals surface area (Å²) in [6.45, 7) is 0. The number of urea groups is 2. The minimum absolute atomic E-state index is 0.0886. The maximum absolute atomic E-state index is 13.9. The molecule has 2 aromatic rings. The van der Waals surface area contributed by atoms with Crippen LogP contribution in [0.25, 0.3) is 0 Å². The highest BCUT2D eigenvalue weighted by Gasteiger charge is 2.48. The topological polar surface area (TPSA) is 93.5 Å². The highest BCUT2D eigenvalue weighted by Crippen LogP contribution is 2.46. The van der Waals surface area contributed by atoms with Gasteiger partial charge in [-0.2, -0.15) is 18.4 Å². The van der Waals surface area contributed by atoms with Crippen molar-refractivity contribution < 1.29 is 27.6 Å². The quantitative estimate of drug-likeness (QED) is 0.536. The molecule has 0 bridgehead atoms. The molecule has 0 aromatic heterocycles. The molecule has 2 aliphatic rings. The molecule has 0 fully saturated rings. The first-order valence-corrected chi connectivity index (χ1v) is 12.2. The molecule has 1 aliphatic carbocycles. The maximum atomic E-state index is 13.9. The van der Waals surface area contributed by atoms with Crippen LogP contribution < -0.4 is 10.2 Å². The van der Waals surface area contributed by atoms with Gasteiger partial charge in [0.15, 0.2) is 5.78 Å². The van der Waals surface area contributed by atoms with Crippen LogP contribution >= 0.6 is 11.8 Å². The van der Waals surface area contributed by atoms with Crippen molar-refractivity contribution in [2.24, 2.45) is 0 Å². The minimum atomic E-state index is -4.65. The first kappa shape index (κ1) is 25.3. The molecular formula is C25H21F3N4O3S. The van der Waals surface area contributed by atoms with Crippen molar-refractivity contribution in [3.05, 3.63) is 70.4 Å². The largest absolute Gasteiger partial charge is 0.416 e. The van der Waals surface area contributed by atoms with E-state index in [0.717, 1.165) is 21.9 Å². The number of nitrogens with one attached hydrogen (secondary N) is 1. The minimum Gasteiger partial charge on any atom is -0.341 e. The molecule has 1 aliphatic heterocycles. The molecule has 1 unspecified atom stereocenters. The van der Waals surface area contributed by atoms with Crippen LogP contribution in [0.15, 0.2) is 58.6 Å². The van der Waals surface area contributed by atoms with Gasteiger partial charge in [0.1, 0.15) is 0 Å². The van der Waals surface area contributed by atoms with Crippen LogP contribution in [-0.2, 0) is 11.0 Å². The lowest BCUT2D eigenvalue weighted by molar-refractivity contribution is -0.137. The molecule has 186 valence electrons. The Bertz CT molecular complexity index is 1330. The van der Waals surface area contributed by atoms with Gasteiger partial charge < -0.3 is 5.32 Å². The Morgan fingerprint density at radius 1 is 1.17 bits per heavy atom. The third-order valence-corrected chi connectivity index (χ3v) is 6.94. The van der Waals surface area contributed by atoms with Gasteiger partial charge in [0.25, 0.3) is 0 Å². The second-order valence-corrected chi connectivity index (χ2v) is 9.05. The number of carbonyl (C=O) groups is 3. The van der Waals surface area contributed by atoms with Gasteiger partial charge in [-0.25, -0.2) is 14.5 Å². The smallest absolute Gasteiger partial charge is 0.341 e. The number of hydrogen-bond acceptors (Lipinski definition) is 5. The lowest BCUT2D eigenvalue weighted by Gasteiger charge is -2.44. The maximum Gasteiger partial charge on any atom is 0.416 e. The van der Waals surface area contributed by atoms with Crippen molar-refractivity contribution in [3.8, 4) is 6.07 Å². The Morgan fingerprint density at radius 2 is 1.92 bits per heavy atom. The molecular weight excluding hydrogens is 493 g/mol. The zero-order valence-corrected chi connectivity index (χ0v) is 20.2. The van der Waals surface area contributed by atoms with Crippen LogP contribution in [0.2, 0.25) is 0 Å². The zero-order chi connectivity index (χ0) is 26.2. The molecule has 4 amide bonds. The van der Waals surface area contributed by atoms with Gasteiger partial charge in [0, 0.05) is 29.6 Å². The predicted octanol–water partition coefficient (Wildman–Crippen LogP) is 5.63. The molecule has 0 radical (unpaired) electrons. The number of imide groups is 1. The van der Waals surface area contributed by atoms with Crippen molar-refractivity contribution in [1.82, 2.24) is 10.2 Å². The number of alkyl halides is 3. The second-order valence-electron chi connectivity index (χ2n) is 8.20. The molecule has 0 saturated carbocycles. The fourth-order valence-corrected chi connectivity index (χ4v) is 5.23. The molecule has 0 spiro atoms. The molecule has 1 N–H and O–H groups in total. The zero-order valence-electron chi connectivity index (χ0n) is 19.3. The van der Waals surface area contributed by atoms with Crippen molar-refractivity contribution >= 4 is 35.3 Å². The molecule has 1 atom stereocenters. The summed E-state index contributed by atoms with van der Waals surface area (Å²) < 4.78 is 40.3. The highest BCUT2D eigenvalue weighted by atomic mass is 32.2. The summed E-state index contributed by atoms with van der Waals surface area (Å²) in [6, 6.07) is 8.25. The number of amides is 4. The Balaban J connectivity index is 2.01. The Kier molecular flexibility index (Phi) is 6.82. The summed E-state index contributed by atoms with van der Waals surface area (Å²) in [5.41, 5.74) is 0.257. The third-order valence-electron chi connectivity index (χ3n) is 6.15. The van der Waals surface area contributed by atoms with Crippen molar-refractivity contribution in [1.29, 1.82) is 5.26 Å². The number of hydrogen-bond donors (Lipinski definition) is 1. The molecule has 11 heteroatoms. The fraction of sp³-hybridized carbons (Fsp3) is 0.280. The summed E-state index contributed by atoms with van der Waals surface area (Å²) in [6.07, 6.45) is -2.02. The van der Waals surface area contributed by atoms with Gasteiger partial charge >= 0.3 is 18.2 Å². The van der Waals surface area contributed by atoms with Crippen molar-refractivity contribution in [3.63, 3.8) is 0 Å². The van der Waals surface area contributed by atoms with Crippen LogP contribution in [0.4, 0.5) is 28.4 Å². The third kappa shape index (κ3) is 4.33. The molecule has 1 heterocycles. The number of nitriles is 1. The predicted molar refractivity (Wildman–Crippen MR) is 127 cm³/mol. The van der Waals surface area contributed by atoms with Crippen molar-refractivity contribution in [2.75, 3.05) is 18.2 Å². The number of ketones is 1. The standard InChI is InChI=1S/C25H21F3N4O3S/c1-30-23(34)32-22(17-10-9-14(13-29)11-20(17)36-2)21-18(7-4-8-19(21)33)31(24(32)35)16-6-3-5-15(12-16)25(26,27)28/h3,5-6,9-12,22H,4,7-8H2,1-2H3,(H,30,34). The van der Waals surface area contributed by atoms with E-state index in [0.29, 0.717) is 22.4 Å². The number of halogens is 3. The van der Waals surface area contributed by atoms with Crippen LogP contribution in [-0.4, -0.2) is 36.0 Å². The molecule has 2 aromatic carbocycles. The van der Waals surface area contributed by atoms with Gasteiger partial charge in [0.2, 0.25) is 0 Å². The number of thioether (sulfide) groups is 1. The molecule has 36 heavy (non-hydrogen) atoms. The number of anilines is 1. The van der Waals surface area contributed by atoms with Gasteiger partial charge in [-0.05, 0) is 55.0 Å². The van der Waals surface area contributed by atoms with Crippen LogP contribution in [0.3, 0.4) is 0 Å². The highest BCUT2D eigenvalue weighted by molar-refractivity contribution is 7.98. The average Bonchev–Trinajstić information content (AvgIpc) is 2.87. The van der Waals surface area contributed by atoms with Crippen molar-refractivity contribution in [2.45, 2.75) is 36.4 Å². The lowest BCUT2D eigenvalue weighted by atomic mass is 9.83. The van der Waals surface area contributed by atoms with E-state index in [1.165, 1.54) is 37.0 Å². The fourth-order valence-electron chi connectivity index (χ4n) is 4.57. The Morgan fingerprint density at radius 3 is 2.56 bits per heavy atom. The van der Waals surface area contributed by atoms with Crippen LogP contribution in [0, 0.1) is 11.3 Å². The lowest BCUT2D eigenvalue weighted by Crippen LogP contribution is -2.56. The van der Waals surface area contributed by atoms with E-state index in [1.54, 1.807) is 18.4 Å². The first-order valence-electron chi connectivity index (χ1n) is 11.0. The van der Waals surface area contributed by atoms with E-state index < -0.39 is 29.8 Å². The average molecular weight is 515 g/mol. The van der Waals surface area contributed by atoms with E-state index >= 15 is 0 Å². The molecule has 7 nitrogen and oxygen atoms in total. The molecule has 0 saturated heterocycles. The van der Waals surface area contributed by atoms with Gasteiger partial charge in [-0.15, -0.1) is 11.8 Å². The van der Waals surface area contributed by atoms with Crippen LogP contribution in [0.5, 0.6) is 0 Å². The number of rotatable bonds is 3. The number of Topliss-reactive ketones (excluding diaryl/α,β-unsaturated/α-hetero) is 1. The molecule has 4 rings (SSSR count). The van der Waals surface area contributed by atoms with E-state index in [2.05, 4.69) is 5.32 Å². The normalized spacial score (nSPS) is 18.2. The first-order chi connectivity index (χ1) is 17.1. The number of benzene rings is 2. The van der Waals surface area contributed by atoms with E-state index in [1.807, 2.05) is 6.07 Å². The summed E-state index contributed by atoms with van der Waals surface area (Å²) >= 11 is 1.29. The Hall–Kier alpha value is -3.78. The monoisotopic (exact) mass is 514 g/mol. The summed E-state index contributed by atoms with van der Waals surface area (Å²) in [5.74, 6) is -0.295. The number of nitrogens with zero attached hydrogens (tertiary/aromatic N) is 3. The summed E-state index contributed by atoms with van der Waals surface area (Å²) in [4.78, 5) is 42.7. The van der Waals surface area contributed by atoms with E-state index in [-0.39, 0.29) is 35.6 Å². The SMILES string of the molecule is CNC(=O)N1C(=O)N(c2cccc(C(F)(F)F)c2)C2=C(C(=O)CCC2)C1c1ccc(C#N)cc1SC. The van der Waals surface area contributed by atoms with Crippen LogP contribution in [0.1, 0.15) is 42.0 Å². The number of allylic oxidation sites excluding steroid dienone is 1. The van der Waals surface area contributed by atoms with Gasteiger partial charge in [-0.3, -0.25) is 9.69 Å². The Labute approximate surface area is 209 Å². The van der Waals surface area contributed by atoms with Gasteiger partial charge in [0.05, 0.1) is 28.9 Å².